The number of aromatic nitrogens is 1. The molecule has 0 radical (unpaired) electrons. The number of oxazole rings is 1. The molecule has 214 valence electrons. The van der Waals surface area contributed by atoms with Crippen LogP contribution in [0, 0.1) is 23.2 Å². The topological polar surface area (TPSA) is 86.7 Å². The first-order valence-corrected chi connectivity index (χ1v) is 15.4. The highest BCUT2D eigenvalue weighted by atomic mass is 16.4. The van der Waals surface area contributed by atoms with E-state index in [0.717, 1.165) is 55.4 Å². The van der Waals surface area contributed by atoms with Crippen molar-refractivity contribution in [3.05, 3.63) is 65.5 Å². The Morgan fingerprint density at radius 2 is 1.97 bits per heavy atom. The van der Waals surface area contributed by atoms with Gasteiger partial charge in [0.1, 0.15) is 5.76 Å². The quantitative estimate of drug-likeness (QED) is 0.305. The normalized spacial score (nSPS) is 36.0. The molecular formula is C34H49NO4. The Morgan fingerprint density at radius 1 is 1.18 bits per heavy atom. The van der Waals surface area contributed by atoms with Crippen molar-refractivity contribution < 1.29 is 19.7 Å². The monoisotopic (exact) mass is 535 g/mol. The zero-order valence-electron chi connectivity index (χ0n) is 24.2. The van der Waals surface area contributed by atoms with E-state index in [1.165, 1.54) is 31.3 Å². The Bertz CT molecular complexity index is 1120. The average Bonchev–Trinajstić information content (AvgIpc) is 3.44. The van der Waals surface area contributed by atoms with Crippen LogP contribution in [0.4, 0.5) is 0 Å². The van der Waals surface area contributed by atoms with Crippen LogP contribution >= 0.6 is 0 Å². The van der Waals surface area contributed by atoms with E-state index in [0.29, 0.717) is 36.5 Å². The fraction of sp³-hybridized carbons (Fsp3) is 0.676. The van der Waals surface area contributed by atoms with Gasteiger partial charge in [0.25, 0.3) is 0 Å². The number of allylic oxidation sites excluding steroid dienone is 4. The van der Waals surface area contributed by atoms with E-state index >= 15 is 0 Å². The molecule has 5 rings (SSSR count). The fourth-order valence-electron chi connectivity index (χ4n) is 7.98. The maximum Gasteiger partial charge on any atom is 0.203 e. The molecule has 0 aliphatic heterocycles. The second kappa shape index (κ2) is 11.5. The van der Waals surface area contributed by atoms with Crippen molar-refractivity contribution in [2.45, 2.75) is 122 Å². The molecular weight excluding hydrogens is 486 g/mol. The standard InChI is InChI=1S/C34H49NO4/c1-5-6-9-27-21-35-32(39-27)34(17-18-34)31(38)15-10-22(2)28-13-14-29-24(8-7-16-33(28,29)4)11-12-25-19-26(36)20-30(37)23(25)3/h10-12,15,21-22,26,28-31,36-38H,3,5-9,13-14,16-20H2,1-2,4H3/t22-,26+,28+,29-,30-,31+,33+/m0/s1. The highest BCUT2D eigenvalue weighted by molar-refractivity contribution is 5.38. The SMILES string of the molecule is C=C1C(=CC=C2CCC[C@]3(C)[C@@H]([C@@H](C)C=C[C@@H](O)C4(c5ncc(CCCC)o5)CC4)CC[C@@H]23)C[C@@H](O)C[C@@H]1O. The van der Waals surface area contributed by atoms with Crippen molar-refractivity contribution >= 4 is 0 Å². The van der Waals surface area contributed by atoms with Gasteiger partial charge in [0.05, 0.1) is 29.9 Å². The van der Waals surface area contributed by atoms with Gasteiger partial charge in [0.15, 0.2) is 0 Å². The third kappa shape index (κ3) is 5.64. The first-order chi connectivity index (χ1) is 18.7. The van der Waals surface area contributed by atoms with Crippen LogP contribution in [0.3, 0.4) is 0 Å². The van der Waals surface area contributed by atoms with Crippen LogP contribution in [0.2, 0.25) is 0 Å². The summed E-state index contributed by atoms with van der Waals surface area (Å²) in [6.07, 6.45) is 20.7. The van der Waals surface area contributed by atoms with E-state index in [4.69, 9.17) is 4.42 Å². The maximum absolute atomic E-state index is 11.2. The zero-order valence-corrected chi connectivity index (χ0v) is 24.2. The first-order valence-electron chi connectivity index (χ1n) is 15.4. The number of aliphatic hydroxyl groups excluding tert-OH is 3. The molecule has 0 bridgehead atoms. The van der Waals surface area contributed by atoms with Crippen LogP contribution < -0.4 is 0 Å². The molecule has 4 aliphatic carbocycles. The maximum atomic E-state index is 11.2. The van der Waals surface area contributed by atoms with E-state index in [1.807, 2.05) is 12.3 Å². The number of hydrogen-bond acceptors (Lipinski definition) is 5. The number of rotatable bonds is 9. The third-order valence-electron chi connectivity index (χ3n) is 10.6. The highest BCUT2D eigenvalue weighted by Gasteiger charge is 2.54. The van der Waals surface area contributed by atoms with Crippen LogP contribution in [-0.4, -0.2) is 38.6 Å². The second-order valence-corrected chi connectivity index (χ2v) is 13.2. The van der Waals surface area contributed by atoms with Crippen LogP contribution in [0.25, 0.3) is 0 Å². The van der Waals surface area contributed by atoms with Crippen molar-refractivity contribution in [3.63, 3.8) is 0 Å². The van der Waals surface area contributed by atoms with Gasteiger partial charge < -0.3 is 19.7 Å². The predicted octanol–water partition coefficient (Wildman–Crippen LogP) is 6.74. The molecule has 4 fully saturated rings. The smallest absolute Gasteiger partial charge is 0.203 e. The molecule has 0 saturated heterocycles. The van der Waals surface area contributed by atoms with Crippen molar-refractivity contribution in [1.29, 1.82) is 0 Å². The molecule has 7 atom stereocenters. The lowest BCUT2D eigenvalue weighted by molar-refractivity contribution is 0.0862. The Labute approximate surface area is 234 Å². The minimum atomic E-state index is -0.643. The Morgan fingerprint density at radius 3 is 2.72 bits per heavy atom. The van der Waals surface area contributed by atoms with Gasteiger partial charge in [-0.3, -0.25) is 0 Å². The molecule has 1 aromatic heterocycles. The molecule has 4 aliphatic rings. The summed E-state index contributed by atoms with van der Waals surface area (Å²) in [7, 11) is 0. The van der Waals surface area contributed by atoms with Crippen LogP contribution in [0.5, 0.6) is 0 Å². The Balaban J connectivity index is 1.26. The van der Waals surface area contributed by atoms with E-state index in [9.17, 15) is 15.3 Å². The molecule has 0 amide bonds. The molecule has 5 heteroatoms. The summed E-state index contributed by atoms with van der Waals surface area (Å²) in [5.41, 5.74) is 3.15. The summed E-state index contributed by atoms with van der Waals surface area (Å²) in [4.78, 5) is 4.56. The number of nitrogens with zero attached hydrogens (tertiary/aromatic N) is 1. The highest BCUT2D eigenvalue weighted by Crippen LogP contribution is 2.60. The Hall–Kier alpha value is -1.95. The number of fused-ring (bicyclic) bond motifs is 1. The zero-order chi connectivity index (χ0) is 27.8. The van der Waals surface area contributed by atoms with Gasteiger partial charge in [0, 0.05) is 12.8 Å². The van der Waals surface area contributed by atoms with Crippen molar-refractivity contribution in [2.75, 3.05) is 0 Å². The molecule has 0 aromatic carbocycles. The molecule has 39 heavy (non-hydrogen) atoms. The average molecular weight is 536 g/mol. The van der Waals surface area contributed by atoms with Crippen LogP contribution in [0.15, 0.2) is 58.2 Å². The summed E-state index contributed by atoms with van der Waals surface area (Å²) in [5, 5.41) is 31.6. The van der Waals surface area contributed by atoms with Gasteiger partial charge in [-0.1, -0.05) is 63.6 Å². The summed E-state index contributed by atoms with van der Waals surface area (Å²) in [6.45, 7) is 11.1. The number of hydrogen-bond donors (Lipinski definition) is 3. The van der Waals surface area contributed by atoms with E-state index in [1.54, 1.807) is 0 Å². The molecule has 5 nitrogen and oxygen atoms in total. The van der Waals surface area contributed by atoms with Gasteiger partial charge in [-0.25, -0.2) is 4.98 Å². The molecule has 1 aromatic rings. The molecule has 3 N–H and O–H groups in total. The van der Waals surface area contributed by atoms with E-state index in [-0.39, 0.29) is 10.8 Å². The summed E-state index contributed by atoms with van der Waals surface area (Å²) < 4.78 is 6.08. The van der Waals surface area contributed by atoms with Crippen LogP contribution in [-0.2, 0) is 11.8 Å². The van der Waals surface area contributed by atoms with Crippen molar-refractivity contribution in [2.24, 2.45) is 23.2 Å². The lowest BCUT2D eigenvalue weighted by atomic mass is 9.61. The molecule has 0 spiro atoms. The summed E-state index contributed by atoms with van der Waals surface area (Å²) in [5.74, 6) is 3.17. The van der Waals surface area contributed by atoms with Gasteiger partial charge >= 0.3 is 0 Å². The lowest BCUT2D eigenvalue weighted by Crippen LogP contribution is -2.35. The fourth-order valence-corrected chi connectivity index (χ4v) is 7.98. The third-order valence-corrected chi connectivity index (χ3v) is 10.6. The minimum Gasteiger partial charge on any atom is -0.445 e. The van der Waals surface area contributed by atoms with Gasteiger partial charge in [-0.05, 0) is 92.1 Å². The summed E-state index contributed by atoms with van der Waals surface area (Å²) in [6, 6.07) is 0. The van der Waals surface area contributed by atoms with E-state index < -0.39 is 18.3 Å². The molecule has 0 unspecified atom stereocenters. The van der Waals surface area contributed by atoms with Crippen molar-refractivity contribution in [3.8, 4) is 0 Å². The predicted molar refractivity (Wildman–Crippen MR) is 155 cm³/mol. The Kier molecular flexibility index (Phi) is 8.43. The van der Waals surface area contributed by atoms with Crippen LogP contribution in [0.1, 0.15) is 103 Å². The summed E-state index contributed by atoms with van der Waals surface area (Å²) >= 11 is 0. The van der Waals surface area contributed by atoms with Gasteiger partial charge in [-0.2, -0.15) is 0 Å². The van der Waals surface area contributed by atoms with Gasteiger partial charge in [-0.15, -0.1) is 0 Å². The number of aryl methyl sites for hydroxylation is 1. The number of unbranched alkanes of at least 4 members (excludes halogenated alkanes) is 1. The lowest BCUT2D eigenvalue weighted by Gasteiger charge is -2.44. The van der Waals surface area contributed by atoms with Gasteiger partial charge in [0.2, 0.25) is 5.89 Å². The molecule has 1 heterocycles. The minimum absolute atomic E-state index is 0.244. The second-order valence-electron chi connectivity index (χ2n) is 13.2. The van der Waals surface area contributed by atoms with E-state index in [2.05, 4.69) is 50.6 Å². The number of aliphatic hydroxyl groups is 3. The van der Waals surface area contributed by atoms with Crippen molar-refractivity contribution in [1.82, 2.24) is 4.98 Å². The molecule has 4 saturated carbocycles. The first kappa shape index (κ1) is 28.6. The largest absolute Gasteiger partial charge is 0.445 e.